The van der Waals surface area contributed by atoms with Crippen LogP contribution in [0.25, 0.3) is 0 Å². The van der Waals surface area contributed by atoms with Crippen molar-refractivity contribution in [2.24, 2.45) is 0 Å². The van der Waals surface area contributed by atoms with Gasteiger partial charge in [0.05, 0.1) is 11.6 Å². The summed E-state index contributed by atoms with van der Waals surface area (Å²) in [6, 6.07) is 0.0174. The van der Waals surface area contributed by atoms with Gasteiger partial charge in [0.1, 0.15) is 5.15 Å². The van der Waals surface area contributed by atoms with Gasteiger partial charge in [-0.05, 0) is 18.6 Å². The number of hydrogen-bond acceptors (Lipinski definition) is 3. The van der Waals surface area contributed by atoms with Crippen LogP contribution < -0.4 is 11.2 Å². The second-order valence-electron chi connectivity index (χ2n) is 3.77. The van der Waals surface area contributed by atoms with Gasteiger partial charge in [-0.2, -0.15) is 11.8 Å². The molecular formula is C10H13ClN2O2S. The predicted octanol–water partition coefficient (Wildman–Crippen LogP) is 1.43. The number of hydrogen-bond donors (Lipinski definition) is 1. The van der Waals surface area contributed by atoms with Crippen molar-refractivity contribution in [1.29, 1.82) is 0 Å². The SMILES string of the molecule is CCc1c(Cl)[nH]c(=O)n(C2CCSC2)c1=O. The van der Waals surface area contributed by atoms with Gasteiger partial charge in [0.2, 0.25) is 0 Å². The van der Waals surface area contributed by atoms with Crippen molar-refractivity contribution in [3.63, 3.8) is 0 Å². The molecule has 0 spiro atoms. The molecule has 2 rings (SSSR count). The maximum Gasteiger partial charge on any atom is 0.329 e. The fourth-order valence-corrected chi connectivity index (χ4v) is 3.41. The molecule has 1 N–H and O–H groups in total. The minimum Gasteiger partial charge on any atom is -0.297 e. The Bertz CT molecular complexity index is 503. The smallest absolute Gasteiger partial charge is 0.297 e. The maximum absolute atomic E-state index is 12.1. The lowest BCUT2D eigenvalue weighted by Crippen LogP contribution is -2.40. The molecular weight excluding hydrogens is 248 g/mol. The van der Waals surface area contributed by atoms with Crippen LogP contribution in [0.1, 0.15) is 24.9 Å². The van der Waals surface area contributed by atoms with Gasteiger partial charge in [-0.3, -0.25) is 14.3 Å². The van der Waals surface area contributed by atoms with E-state index >= 15 is 0 Å². The normalized spacial score (nSPS) is 20.2. The fraction of sp³-hybridized carbons (Fsp3) is 0.600. The van der Waals surface area contributed by atoms with E-state index in [1.54, 1.807) is 11.8 Å². The van der Waals surface area contributed by atoms with Crippen molar-refractivity contribution in [1.82, 2.24) is 9.55 Å². The van der Waals surface area contributed by atoms with E-state index in [-0.39, 0.29) is 22.4 Å². The third-order valence-corrected chi connectivity index (χ3v) is 4.27. The molecule has 1 unspecified atom stereocenters. The molecule has 1 aromatic heterocycles. The topological polar surface area (TPSA) is 54.9 Å². The molecule has 4 nitrogen and oxygen atoms in total. The average Bonchev–Trinajstić information content (AvgIpc) is 2.70. The lowest BCUT2D eigenvalue weighted by Gasteiger charge is -2.13. The van der Waals surface area contributed by atoms with Crippen molar-refractivity contribution < 1.29 is 0 Å². The average molecular weight is 261 g/mol. The first-order chi connectivity index (χ1) is 7.65. The molecule has 2 heterocycles. The summed E-state index contributed by atoms with van der Waals surface area (Å²) in [6.07, 6.45) is 1.41. The zero-order chi connectivity index (χ0) is 11.7. The summed E-state index contributed by atoms with van der Waals surface area (Å²) < 4.78 is 1.32. The summed E-state index contributed by atoms with van der Waals surface area (Å²) in [7, 11) is 0. The van der Waals surface area contributed by atoms with E-state index in [4.69, 9.17) is 11.6 Å². The first kappa shape index (κ1) is 11.8. The first-order valence-electron chi connectivity index (χ1n) is 5.26. The van der Waals surface area contributed by atoms with Gasteiger partial charge in [-0.15, -0.1) is 0 Å². The molecule has 1 aliphatic rings. The minimum absolute atomic E-state index is 0.0174. The van der Waals surface area contributed by atoms with Gasteiger partial charge >= 0.3 is 5.69 Å². The number of thioether (sulfide) groups is 1. The molecule has 1 aromatic rings. The van der Waals surface area contributed by atoms with E-state index < -0.39 is 0 Å². The number of halogens is 1. The summed E-state index contributed by atoms with van der Waals surface area (Å²) >= 11 is 7.61. The molecule has 16 heavy (non-hydrogen) atoms. The summed E-state index contributed by atoms with van der Waals surface area (Å²) in [4.78, 5) is 26.3. The summed E-state index contributed by atoms with van der Waals surface area (Å²) in [5.41, 5.74) is -0.124. The molecule has 0 saturated carbocycles. The van der Waals surface area contributed by atoms with E-state index in [1.807, 2.05) is 6.92 Å². The summed E-state index contributed by atoms with van der Waals surface area (Å²) in [5, 5.41) is 0.180. The number of aromatic amines is 1. The van der Waals surface area contributed by atoms with E-state index in [2.05, 4.69) is 4.98 Å². The lowest BCUT2D eigenvalue weighted by molar-refractivity contribution is 0.510. The number of nitrogens with zero attached hydrogens (tertiary/aromatic N) is 1. The van der Waals surface area contributed by atoms with E-state index in [9.17, 15) is 9.59 Å². The molecule has 1 atom stereocenters. The van der Waals surface area contributed by atoms with E-state index in [0.717, 1.165) is 17.9 Å². The molecule has 0 aromatic carbocycles. The highest BCUT2D eigenvalue weighted by molar-refractivity contribution is 7.99. The van der Waals surface area contributed by atoms with E-state index in [0.29, 0.717) is 12.0 Å². The molecule has 0 radical (unpaired) electrons. The summed E-state index contributed by atoms with van der Waals surface area (Å²) in [5.74, 6) is 1.83. The van der Waals surface area contributed by atoms with Crippen LogP contribution in [-0.2, 0) is 6.42 Å². The van der Waals surface area contributed by atoms with E-state index in [1.165, 1.54) is 4.57 Å². The molecule has 0 amide bonds. The highest BCUT2D eigenvalue weighted by Crippen LogP contribution is 2.25. The third kappa shape index (κ3) is 1.94. The van der Waals surface area contributed by atoms with Crippen LogP contribution in [0.2, 0.25) is 5.15 Å². The van der Waals surface area contributed by atoms with Crippen LogP contribution >= 0.6 is 23.4 Å². The Morgan fingerprint density at radius 3 is 2.88 bits per heavy atom. The second-order valence-corrected chi connectivity index (χ2v) is 5.30. The van der Waals surface area contributed by atoms with Gasteiger partial charge in [0, 0.05) is 5.75 Å². The van der Waals surface area contributed by atoms with Gasteiger partial charge in [-0.25, -0.2) is 4.79 Å². The Labute approximate surface area is 102 Å². The second kappa shape index (κ2) is 4.67. The Kier molecular flexibility index (Phi) is 3.44. The van der Waals surface area contributed by atoms with Gasteiger partial charge in [0.15, 0.2) is 0 Å². The molecule has 6 heteroatoms. The van der Waals surface area contributed by atoms with Gasteiger partial charge < -0.3 is 0 Å². The van der Waals surface area contributed by atoms with Crippen LogP contribution in [-0.4, -0.2) is 21.1 Å². The molecule has 1 saturated heterocycles. The van der Waals surface area contributed by atoms with Crippen molar-refractivity contribution in [2.75, 3.05) is 11.5 Å². The first-order valence-corrected chi connectivity index (χ1v) is 6.79. The van der Waals surface area contributed by atoms with Crippen molar-refractivity contribution >= 4 is 23.4 Å². The zero-order valence-corrected chi connectivity index (χ0v) is 10.5. The van der Waals surface area contributed by atoms with Crippen molar-refractivity contribution in [3.05, 3.63) is 31.6 Å². The monoisotopic (exact) mass is 260 g/mol. The number of nitrogens with one attached hydrogen (secondary N) is 1. The number of aromatic nitrogens is 2. The van der Waals surface area contributed by atoms with Gasteiger partial charge in [-0.1, -0.05) is 18.5 Å². The van der Waals surface area contributed by atoms with Crippen molar-refractivity contribution in [3.8, 4) is 0 Å². The Hall–Kier alpha value is -0.680. The standard InChI is InChI=1S/C10H13ClN2O2S/c1-2-7-8(11)12-10(15)13(9(7)14)6-3-4-16-5-6/h6H,2-5H2,1H3,(H,12,15). The predicted molar refractivity (Wildman–Crippen MR) is 66.7 cm³/mol. The Morgan fingerprint density at radius 2 is 2.31 bits per heavy atom. The van der Waals surface area contributed by atoms with Crippen LogP contribution in [0, 0.1) is 0 Å². The zero-order valence-electron chi connectivity index (χ0n) is 8.96. The Balaban J connectivity index is 2.60. The highest BCUT2D eigenvalue weighted by Gasteiger charge is 2.22. The summed E-state index contributed by atoms with van der Waals surface area (Å²) in [6.45, 7) is 1.86. The van der Waals surface area contributed by atoms with Crippen LogP contribution in [0.4, 0.5) is 0 Å². The molecule has 1 aliphatic heterocycles. The molecule has 0 aliphatic carbocycles. The molecule has 88 valence electrons. The Morgan fingerprint density at radius 1 is 1.56 bits per heavy atom. The van der Waals surface area contributed by atoms with Crippen molar-refractivity contribution in [2.45, 2.75) is 25.8 Å². The lowest BCUT2D eigenvalue weighted by atomic mass is 10.2. The number of rotatable bonds is 2. The van der Waals surface area contributed by atoms with Crippen LogP contribution in [0.3, 0.4) is 0 Å². The molecule has 1 fully saturated rings. The van der Waals surface area contributed by atoms with Crippen LogP contribution in [0.15, 0.2) is 9.59 Å². The van der Waals surface area contributed by atoms with Crippen LogP contribution in [0.5, 0.6) is 0 Å². The quantitative estimate of drug-likeness (QED) is 0.819. The minimum atomic E-state index is -0.389. The van der Waals surface area contributed by atoms with Gasteiger partial charge in [0.25, 0.3) is 5.56 Å². The largest absolute Gasteiger partial charge is 0.329 e. The fourth-order valence-electron chi connectivity index (χ4n) is 1.92. The maximum atomic E-state index is 12.1. The molecule has 0 bridgehead atoms. The third-order valence-electron chi connectivity index (χ3n) is 2.80. The number of H-pyrrole nitrogens is 1. The highest BCUT2D eigenvalue weighted by atomic mass is 35.5.